The number of nitrogens with zero attached hydrogens (tertiary/aromatic N) is 1. The summed E-state index contributed by atoms with van der Waals surface area (Å²) in [4.78, 5) is 2.01. The largest absolute Gasteiger partial charge is 0.493 e. The molecule has 4 heteroatoms. The smallest absolute Gasteiger partial charge is 0.162 e. The van der Waals surface area contributed by atoms with Gasteiger partial charge in [-0.15, -0.1) is 0 Å². The quantitative estimate of drug-likeness (QED) is 0.873. The fourth-order valence-corrected chi connectivity index (χ4v) is 2.05. The van der Waals surface area contributed by atoms with Crippen LogP contribution in [0.2, 0.25) is 0 Å². The second kappa shape index (κ2) is 5.48. The number of hydrogen-bond donors (Lipinski definition) is 1. The topological polar surface area (TPSA) is 41.9 Å². The van der Waals surface area contributed by atoms with E-state index >= 15 is 0 Å². The highest BCUT2D eigenvalue weighted by molar-refractivity contribution is 5.61. The van der Waals surface area contributed by atoms with Crippen LogP contribution >= 0.6 is 0 Å². The Morgan fingerprint density at radius 2 is 1.67 bits per heavy atom. The molecule has 1 aromatic rings. The second-order valence-electron chi connectivity index (χ2n) is 5.16. The van der Waals surface area contributed by atoms with E-state index in [1.807, 2.05) is 31.0 Å². The van der Waals surface area contributed by atoms with Gasteiger partial charge >= 0.3 is 0 Å². The fourth-order valence-electron chi connectivity index (χ4n) is 2.05. The molecule has 0 unspecified atom stereocenters. The van der Waals surface area contributed by atoms with Gasteiger partial charge in [-0.2, -0.15) is 0 Å². The summed E-state index contributed by atoms with van der Waals surface area (Å²) < 4.78 is 10.6. The number of methoxy groups -OCH3 is 2. The lowest BCUT2D eigenvalue weighted by molar-refractivity contribution is 0.0886. The third-order valence-corrected chi connectivity index (χ3v) is 2.74. The lowest BCUT2D eigenvalue weighted by Gasteiger charge is -2.29. The summed E-state index contributed by atoms with van der Waals surface area (Å²) in [6, 6.07) is 3.87. The molecule has 1 rings (SSSR count). The van der Waals surface area contributed by atoms with Gasteiger partial charge in [0.2, 0.25) is 0 Å². The van der Waals surface area contributed by atoms with Crippen LogP contribution in [0.15, 0.2) is 12.1 Å². The number of hydrogen-bond acceptors (Lipinski definition) is 4. The number of aryl methyl sites for hydroxylation is 1. The van der Waals surface area contributed by atoms with Gasteiger partial charge in [0.1, 0.15) is 0 Å². The highest BCUT2D eigenvalue weighted by atomic mass is 16.5. The molecule has 0 radical (unpaired) electrons. The number of anilines is 1. The van der Waals surface area contributed by atoms with E-state index in [0.717, 1.165) is 17.0 Å². The molecule has 1 N–H and O–H groups in total. The first-order chi connectivity index (χ1) is 8.28. The van der Waals surface area contributed by atoms with Crippen LogP contribution in [0.25, 0.3) is 0 Å². The van der Waals surface area contributed by atoms with Gasteiger partial charge in [-0.1, -0.05) is 0 Å². The van der Waals surface area contributed by atoms with Crippen molar-refractivity contribution in [3.05, 3.63) is 17.7 Å². The molecule has 0 aliphatic rings. The summed E-state index contributed by atoms with van der Waals surface area (Å²) in [6.45, 7) is 6.14. The lowest BCUT2D eigenvalue weighted by atomic mass is 10.1. The summed E-state index contributed by atoms with van der Waals surface area (Å²) in [5, 5.41) is 9.87. The SMILES string of the molecule is COc1cc(C)c(N(C)CC(C)(C)O)cc1OC. The zero-order chi connectivity index (χ0) is 13.9. The maximum Gasteiger partial charge on any atom is 0.162 e. The zero-order valence-corrected chi connectivity index (χ0v) is 12.1. The molecule has 18 heavy (non-hydrogen) atoms. The van der Waals surface area contributed by atoms with Gasteiger partial charge in [0.25, 0.3) is 0 Å². The molecule has 0 bridgehead atoms. The zero-order valence-electron chi connectivity index (χ0n) is 12.1. The average Bonchev–Trinajstić information content (AvgIpc) is 2.26. The van der Waals surface area contributed by atoms with Crippen LogP contribution in [0, 0.1) is 6.92 Å². The van der Waals surface area contributed by atoms with E-state index in [2.05, 4.69) is 0 Å². The number of likely N-dealkylation sites (N-methyl/N-ethyl adjacent to an activating group) is 1. The standard InChI is InChI=1S/C14H23NO3/c1-10-7-12(17-5)13(18-6)8-11(10)15(4)9-14(2,3)16/h7-8,16H,9H2,1-6H3. The summed E-state index contributed by atoms with van der Waals surface area (Å²) in [7, 11) is 5.19. The third-order valence-electron chi connectivity index (χ3n) is 2.74. The Morgan fingerprint density at radius 1 is 1.17 bits per heavy atom. The molecule has 1 aromatic carbocycles. The monoisotopic (exact) mass is 253 g/mol. The van der Waals surface area contributed by atoms with Gasteiger partial charge in [-0.3, -0.25) is 0 Å². The van der Waals surface area contributed by atoms with E-state index in [1.54, 1.807) is 28.1 Å². The molecule has 0 spiro atoms. The predicted molar refractivity (Wildman–Crippen MR) is 73.9 cm³/mol. The Bertz CT molecular complexity index is 410. The summed E-state index contributed by atoms with van der Waals surface area (Å²) >= 11 is 0. The molecule has 0 aliphatic heterocycles. The van der Waals surface area contributed by atoms with Crippen LogP contribution in [-0.2, 0) is 0 Å². The van der Waals surface area contributed by atoms with Crippen LogP contribution < -0.4 is 14.4 Å². The van der Waals surface area contributed by atoms with Gasteiger partial charge in [-0.05, 0) is 32.4 Å². The number of rotatable bonds is 5. The van der Waals surface area contributed by atoms with E-state index in [4.69, 9.17) is 9.47 Å². The molecule has 0 aromatic heterocycles. The van der Waals surface area contributed by atoms with Crippen molar-refractivity contribution >= 4 is 5.69 Å². The van der Waals surface area contributed by atoms with Crippen molar-refractivity contribution in [3.63, 3.8) is 0 Å². The molecule has 0 atom stereocenters. The number of benzene rings is 1. The van der Waals surface area contributed by atoms with Crippen molar-refractivity contribution in [1.82, 2.24) is 0 Å². The first-order valence-corrected chi connectivity index (χ1v) is 5.94. The first-order valence-electron chi connectivity index (χ1n) is 5.94. The fraction of sp³-hybridized carbons (Fsp3) is 0.571. The van der Waals surface area contributed by atoms with Gasteiger partial charge in [0, 0.05) is 25.3 Å². The Kier molecular flexibility index (Phi) is 4.46. The molecule has 102 valence electrons. The molecule has 4 nitrogen and oxygen atoms in total. The minimum absolute atomic E-state index is 0.545. The van der Waals surface area contributed by atoms with E-state index in [-0.39, 0.29) is 0 Å². The van der Waals surface area contributed by atoms with Crippen molar-refractivity contribution in [3.8, 4) is 11.5 Å². The minimum atomic E-state index is -0.742. The third kappa shape index (κ3) is 3.53. The molecule has 0 fully saturated rings. The van der Waals surface area contributed by atoms with Gasteiger partial charge in [-0.25, -0.2) is 0 Å². The summed E-state index contributed by atoms with van der Waals surface area (Å²) in [6.07, 6.45) is 0. The van der Waals surface area contributed by atoms with E-state index in [0.29, 0.717) is 12.3 Å². The van der Waals surface area contributed by atoms with Gasteiger partial charge < -0.3 is 19.5 Å². The van der Waals surface area contributed by atoms with Crippen LogP contribution in [0.3, 0.4) is 0 Å². The van der Waals surface area contributed by atoms with Gasteiger partial charge in [0.15, 0.2) is 11.5 Å². The number of aliphatic hydroxyl groups is 1. The van der Waals surface area contributed by atoms with E-state index in [1.165, 1.54) is 0 Å². The highest BCUT2D eigenvalue weighted by Crippen LogP contribution is 2.34. The molecule has 0 heterocycles. The Morgan fingerprint density at radius 3 is 2.11 bits per heavy atom. The molecule has 0 aliphatic carbocycles. The maximum absolute atomic E-state index is 9.87. The highest BCUT2D eigenvalue weighted by Gasteiger charge is 2.18. The Labute approximate surface area is 109 Å². The van der Waals surface area contributed by atoms with Crippen molar-refractivity contribution in [2.75, 3.05) is 32.7 Å². The molecule has 0 amide bonds. The molecule has 0 saturated heterocycles. The Hall–Kier alpha value is -1.42. The van der Waals surface area contributed by atoms with E-state index < -0.39 is 5.60 Å². The second-order valence-corrected chi connectivity index (χ2v) is 5.16. The lowest BCUT2D eigenvalue weighted by Crippen LogP contribution is -2.36. The van der Waals surface area contributed by atoms with Crippen LogP contribution in [-0.4, -0.2) is 38.5 Å². The van der Waals surface area contributed by atoms with Crippen molar-refractivity contribution < 1.29 is 14.6 Å². The van der Waals surface area contributed by atoms with Gasteiger partial charge in [0.05, 0.1) is 19.8 Å². The van der Waals surface area contributed by atoms with Crippen LogP contribution in [0.5, 0.6) is 11.5 Å². The summed E-state index contributed by atoms with van der Waals surface area (Å²) in [5.74, 6) is 1.41. The van der Waals surface area contributed by atoms with Crippen molar-refractivity contribution in [2.45, 2.75) is 26.4 Å². The van der Waals surface area contributed by atoms with Crippen LogP contribution in [0.4, 0.5) is 5.69 Å². The minimum Gasteiger partial charge on any atom is -0.493 e. The predicted octanol–water partition coefficient (Wildman–Crippen LogP) is 2.22. The maximum atomic E-state index is 9.87. The first kappa shape index (κ1) is 14.6. The number of ether oxygens (including phenoxy) is 2. The average molecular weight is 253 g/mol. The Balaban J connectivity index is 3.09. The van der Waals surface area contributed by atoms with Crippen LogP contribution in [0.1, 0.15) is 19.4 Å². The molecular formula is C14H23NO3. The normalized spacial score (nSPS) is 11.3. The van der Waals surface area contributed by atoms with Crippen molar-refractivity contribution in [2.24, 2.45) is 0 Å². The van der Waals surface area contributed by atoms with E-state index in [9.17, 15) is 5.11 Å². The summed E-state index contributed by atoms with van der Waals surface area (Å²) in [5.41, 5.74) is 1.36. The molecular weight excluding hydrogens is 230 g/mol. The molecule has 0 saturated carbocycles. The van der Waals surface area contributed by atoms with Crippen molar-refractivity contribution in [1.29, 1.82) is 0 Å².